The first-order chi connectivity index (χ1) is 5.07. The van der Waals surface area contributed by atoms with Gasteiger partial charge in [0.05, 0.1) is 0 Å². The number of halogens is 2. The van der Waals surface area contributed by atoms with Crippen molar-refractivity contribution in [3.63, 3.8) is 0 Å². The Hall–Kier alpha value is -0.930. The second kappa shape index (κ2) is 4.82. The average Bonchev–Trinajstić information content (AvgIpc) is 1.98. The van der Waals surface area contributed by atoms with Gasteiger partial charge in [-0.3, -0.25) is 4.79 Å². The van der Waals surface area contributed by atoms with E-state index in [-0.39, 0.29) is 12.5 Å². The summed E-state index contributed by atoms with van der Waals surface area (Å²) in [6.07, 6.45) is -0.688. The molecule has 0 fully saturated rings. The Kier molecular flexibility index (Phi) is 4.41. The van der Waals surface area contributed by atoms with Crippen LogP contribution in [0.5, 0.6) is 0 Å². The first-order valence-electron chi connectivity index (χ1n) is 3.33. The molecule has 0 aromatic rings. The van der Waals surface area contributed by atoms with Crippen LogP contribution in [0.25, 0.3) is 0 Å². The number of carbonyl (C=O) groups is 1. The van der Waals surface area contributed by atoms with Gasteiger partial charge in [-0.15, -0.1) is 0 Å². The first-order valence-corrected chi connectivity index (χ1v) is 3.33. The van der Waals surface area contributed by atoms with Gasteiger partial charge in [0.15, 0.2) is 0 Å². The Morgan fingerprint density at radius 3 is 2.45 bits per heavy atom. The van der Waals surface area contributed by atoms with Crippen molar-refractivity contribution in [2.75, 3.05) is 13.6 Å². The quantitative estimate of drug-likeness (QED) is 0.619. The van der Waals surface area contributed by atoms with E-state index in [0.717, 1.165) is 0 Å². The molecule has 0 saturated carbocycles. The smallest absolute Gasteiger partial charge is 0.268 e. The highest BCUT2D eigenvalue weighted by molar-refractivity contribution is 5.75. The van der Waals surface area contributed by atoms with E-state index in [1.165, 1.54) is 11.9 Å². The van der Waals surface area contributed by atoms with Crippen LogP contribution in [0.1, 0.15) is 13.3 Å². The molecular formula is C7H11F2NO. The van der Waals surface area contributed by atoms with E-state index < -0.39 is 6.08 Å². The molecule has 0 aromatic carbocycles. The maximum absolute atomic E-state index is 11.5. The van der Waals surface area contributed by atoms with E-state index >= 15 is 0 Å². The second-order valence-electron chi connectivity index (χ2n) is 2.12. The lowest BCUT2D eigenvalue weighted by molar-refractivity contribution is -0.129. The van der Waals surface area contributed by atoms with Crippen LogP contribution >= 0.6 is 0 Å². The van der Waals surface area contributed by atoms with Crippen molar-refractivity contribution in [3.8, 4) is 0 Å². The minimum atomic E-state index is -1.75. The largest absolute Gasteiger partial charge is 0.342 e. The molecule has 64 valence electrons. The zero-order valence-corrected chi connectivity index (χ0v) is 6.60. The average molecular weight is 163 g/mol. The molecule has 0 N–H and O–H groups in total. The van der Waals surface area contributed by atoms with Gasteiger partial charge in [0, 0.05) is 26.1 Å². The van der Waals surface area contributed by atoms with Crippen LogP contribution in [0, 0.1) is 0 Å². The van der Waals surface area contributed by atoms with Crippen LogP contribution in [0.15, 0.2) is 12.2 Å². The van der Waals surface area contributed by atoms with E-state index in [1.54, 1.807) is 6.92 Å². The van der Waals surface area contributed by atoms with Crippen LogP contribution < -0.4 is 0 Å². The highest BCUT2D eigenvalue weighted by atomic mass is 19.3. The lowest BCUT2D eigenvalue weighted by Crippen LogP contribution is -2.25. The molecule has 0 aliphatic carbocycles. The predicted molar refractivity (Wildman–Crippen MR) is 38.2 cm³/mol. The Morgan fingerprint density at radius 2 is 2.09 bits per heavy atom. The van der Waals surface area contributed by atoms with E-state index in [4.69, 9.17) is 0 Å². The Morgan fingerprint density at radius 1 is 1.55 bits per heavy atom. The van der Waals surface area contributed by atoms with E-state index in [9.17, 15) is 13.6 Å². The normalized spacial score (nSPS) is 9.09. The summed E-state index contributed by atoms with van der Waals surface area (Å²) in [4.78, 5) is 12.0. The third-order valence-corrected chi connectivity index (χ3v) is 1.25. The van der Waals surface area contributed by atoms with Crippen molar-refractivity contribution < 1.29 is 13.6 Å². The molecule has 0 saturated heterocycles. The molecule has 0 aromatic heterocycles. The minimum Gasteiger partial charge on any atom is -0.342 e. The van der Waals surface area contributed by atoms with Gasteiger partial charge in [0.25, 0.3) is 6.08 Å². The topological polar surface area (TPSA) is 20.3 Å². The zero-order valence-electron chi connectivity index (χ0n) is 6.60. The van der Waals surface area contributed by atoms with Crippen molar-refractivity contribution in [1.29, 1.82) is 0 Å². The van der Waals surface area contributed by atoms with E-state index in [1.807, 2.05) is 0 Å². The number of rotatable bonds is 3. The van der Waals surface area contributed by atoms with Crippen LogP contribution in [-0.4, -0.2) is 24.4 Å². The van der Waals surface area contributed by atoms with Gasteiger partial charge in [0.2, 0.25) is 5.91 Å². The van der Waals surface area contributed by atoms with Gasteiger partial charge >= 0.3 is 0 Å². The number of hydrogen-bond donors (Lipinski definition) is 0. The van der Waals surface area contributed by atoms with Crippen LogP contribution in [-0.2, 0) is 4.79 Å². The Bertz CT molecular complexity index is 164. The summed E-state index contributed by atoms with van der Waals surface area (Å²) in [5.74, 6) is -0.137. The van der Waals surface area contributed by atoms with Crippen molar-refractivity contribution in [2.24, 2.45) is 0 Å². The lowest BCUT2D eigenvalue weighted by atomic mass is 10.4. The standard InChI is InChI=1S/C7H11F2NO/c1-3-7(11)10(2)5-4-6(8)9/h4H,3,5H2,1-2H3. The summed E-state index contributed by atoms with van der Waals surface area (Å²) in [6.45, 7) is 1.67. The molecule has 0 spiro atoms. The number of carbonyl (C=O) groups excluding carboxylic acids is 1. The monoisotopic (exact) mass is 163 g/mol. The van der Waals surface area contributed by atoms with Crippen LogP contribution in [0.3, 0.4) is 0 Å². The highest BCUT2D eigenvalue weighted by Gasteiger charge is 2.03. The fourth-order valence-corrected chi connectivity index (χ4v) is 0.578. The molecule has 0 unspecified atom stereocenters. The third kappa shape index (κ3) is 4.47. The van der Waals surface area contributed by atoms with Gasteiger partial charge in [-0.05, 0) is 0 Å². The number of nitrogens with zero attached hydrogens (tertiary/aromatic N) is 1. The van der Waals surface area contributed by atoms with E-state index in [2.05, 4.69) is 0 Å². The van der Waals surface area contributed by atoms with Gasteiger partial charge in [-0.2, -0.15) is 8.78 Å². The van der Waals surface area contributed by atoms with E-state index in [0.29, 0.717) is 12.5 Å². The molecule has 1 amide bonds. The van der Waals surface area contributed by atoms with Crippen LogP contribution in [0.4, 0.5) is 8.78 Å². The SMILES string of the molecule is CCC(=O)N(C)CC=C(F)F. The van der Waals surface area contributed by atoms with Crippen molar-refractivity contribution in [2.45, 2.75) is 13.3 Å². The van der Waals surface area contributed by atoms with Gasteiger partial charge in [0.1, 0.15) is 0 Å². The highest BCUT2D eigenvalue weighted by Crippen LogP contribution is 1.97. The summed E-state index contributed by atoms with van der Waals surface area (Å²) in [5, 5.41) is 0. The van der Waals surface area contributed by atoms with Gasteiger partial charge in [-0.1, -0.05) is 6.92 Å². The van der Waals surface area contributed by atoms with Crippen LogP contribution in [0.2, 0.25) is 0 Å². The minimum absolute atomic E-state index is 0.0188. The number of hydrogen-bond acceptors (Lipinski definition) is 1. The molecule has 0 aliphatic rings. The van der Waals surface area contributed by atoms with Crippen molar-refractivity contribution in [3.05, 3.63) is 12.2 Å². The fourth-order valence-electron chi connectivity index (χ4n) is 0.578. The molecule has 2 nitrogen and oxygen atoms in total. The van der Waals surface area contributed by atoms with Gasteiger partial charge < -0.3 is 4.90 Å². The second-order valence-corrected chi connectivity index (χ2v) is 2.12. The molecular weight excluding hydrogens is 152 g/mol. The number of likely N-dealkylation sites (N-methyl/N-ethyl adjacent to an activating group) is 1. The molecule has 0 heterocycles. The summed E-state index contributed by atoms with van der Waals surface area (Å²) in [6, 6.07) is 0. The molecule has 0 bridgehead atoms. The number of amides is 1. The summed E-state index contributed by atoms with van der Waals surface area (Å²) in [7, 11) is 1.49. The fraction of sp³-hybridized carbons (Fsp3) is 0.571. The van der Waals surface area contributed by atoms with Crippen molar-refractivity contribution in [1.82, 2.24) is 4.90 Å². The molecule has 0 rings (SSSR count). The zero-order chi connectivity index (χ0) is 8.85. The maximum Gasteiger partial charge on any atom is 0.268 e. The van der Waals surface area contributed by atoms with Crippen molar-refractivity contribution >= 4 is 5.91 Å². The lowest BCUT2D eigenvalue weighted by Gasteiger charge is -2.12. The van der Waals surface area contributed by atoms with Gasteiger partial charge in [-0.25, -0.2) is 0 Å². The molecule has 11 heavy (non-hydrogen) atoms. The molecule has 0 radical (unpaired) electrons. The molecule has 4 heteroatoms. The first kappa shape index (κ1) is 10.1. The predicted octanol–water partition coefficient (Wildman–Crippen LogP) is 1.64. The molecule has 0 aliphatic heterocycles. The third-order valence-electron chi connectivity index (χ3n) is 1.25. The Balaban J connectivity index is 3.78. The Labute approximate surface area is 64.5 Å². The maximum atomic E-state index is 11.5. The summed E-state index contributed by atoms with van der Waals surface area (Å²) >= 11 is 0. The summed E-state index contributed by atoms with van der Waals surface area (Å²) < 4.78 is 23.0. The summed E-state index contributed by atoms with van der Waals surface area (Å²) in [5.41, 5.74) is 0. The molecule has 0 atom stereocenters.